The van der Waals surface area contributed by atoms with Crippen molar-refractivity contribution in [1.29, 1.82) is 0 Å². The fourth-order valence-corrected chi connectivity index (χ4v) is 2.69. The lowest BCUT2D eigenvalue weighted by Crippen LogP contribution is -2.48. The highest BCUT2D eigenvalue weighted by Crippen LogP contribution is 2.12. The Morgan fingerprint density at radius 3 is 2.32 bits per heavy atom. The molecule has 0 bridgehead atoms. The van der Waals surface area contributed by atoms with Crippen molar-refractivity contribution in [3.8, 4) is 0 Å². The van der Waals surface area contributed by atoms with Crippen molar-refractivity contribution in [3.05, 3.63) is 25.3 Å². The zero-order valence-corrected chi connectivity index (χ0v) is 15.3. The second kappa shape index (κ2) is 12.9. The number of hydrogen-bond donors (Lipinski definition) is 2. The fraction of sp³-hybridized carbons (Fsp3) is 0.688. The molecule has 2 unspecified atom stereocenters. The van der Waals surface area contributed by atoms with Crippen molar-refractivity contribution >= 4 is 30.7 Å². The molecule has 0 spiro atoms. The molecule has 2 atom stereocenters. The van der Waals surface area contributed by atoms with Crippen molar-refractivity contribution < 1.29 is 4.79 Å². The van der Waals surface area contributed by atoms with E-state index in [0.717, 1.165) is 32.6 Å². The molecular formula is C16H31Cl2N3O. The van der Waals surface area contributed by atoms with Crippen LogP contribution in [0.2, 0.25) is 0 Å². The van der Waals surface area contributed by atoms with Gasteiger partial charge in [0, 0.05) is 32.2 Å². The smallest absolute Gasteiger partial charge is 0.224 e. The van der Waals surface area contributed by atoms with E-state index in [-0.39, 0.29) is 36.6 Å². The Hall–Kier alpha value is -0.550. The molecule has 1 rings (SSSR count). The first-order chi connectivity index (χ1) is 9.60. The number of nitrogens with zero attached hydrogens (tertiary/aromatic N) is 1. The number of carbonyl (C=O) groups excluding carboxylic acids is 1. The SMILES string of the molecule is C=CCN(CC=C)C(CNC(=O)C1CCNC1)C(C)C.Cl.Cl. The van der Waals surface area contributed by atoms with E-state index in [9.17, 15) is 4.79 Å². The number of hydrogen-bond acceptors (Lipinski definition) is 3. The molecule has 0 aromatic carbocycles. The summed E-state index contributed by atoms with van der Waals surface area (Å²) in [5, 5.41) is 6.34. The van der Waals surface area contributed by atoms with E-state index in [0.29, 0.717) is 18.5 Å². The first-order valence-electron chi connectivity index (χ1n) is 7.54. The molecular weight excluding hydrogens is 321 g/mol. The predicted molar refractivity (Wildman–Crippen MR) is 99.1 cm³/mol. The summed E-state index contributed by atoms with van der Waals surface area (Å²) in [4.78, 5) is 14.4. The van der Waals surface area contributed by atoms with Gasteiger partial charge in [0.1, 0.15) is 0 Å². The van der Waals surface area contributed by atoms with Crippen LogP contribution in [0.3, 0.4) is 0 Å². The van der Waals surface area contributed by atoms with E-state index >= 15 is 0 Å². The molecule has 1 amide bonds. The van der Waals surface area contributed by atoms with Gasteiger partial charge in [0.2, 0.25) is 5.91 Å². The topological polar surface area (TPSA) is 44.4 Å². The second-order valence-corrected chi connectivity index (χ2v) is 5.78. The Morgan fingerprint density at radius 2 is 1.91 bits per heavy atom. The van der Waals surface area contributed by atoms with E-state index in [1.165, 1.54) is 0 Å². The van der Waals surface area contributed by atoms with Crippen LogP contribution in [0.1, 0.15) is 20.3 Å². The average molecular weight is 352 g/mol. The van der Waals surface area contributed by atoms with Crippen LogP contribution in [0.5, 0.6) is 0 Å². The normalized spacial score (nSPS) is 18.3. The van der Waals surface area contributed by atoms with E-state index < -0.39 is 0 Å². The number of nitrogens with one attached hydrogen (secondary N) is 2. The van der Waals surface area contributed by atoms with Gasteiger partial charge in [-0.1, -0.05) is 26.0 Å². The monoisotopic (exact) mass is 351 g/mol. The molecule has 0 aromatic rings. The minimum atomic E-state index is 0. The number of rotatable bonds is 9. The van der Waals surface area contributed by atoms with Crippen LogP contribution in [0.4, 0.5) is 0 Å². The third-order valence-electron chi connectivity index (χ3n) is 3.88. The zero-order chi connectivity index (χ0) is 15.0. The molecule has 1 aliphatic heterocycles. The summed E-state index contributed by atoms with van der Waals surface area (Å²) in [6.45, 7) is 16.1. The molecule has 2 N–H and O–H groups in total. The summed E-state index contributed by atoms with van der Waals surface area (Å²) in [7, 11) is 0. The maximum Gasteiger partial charge on any atom is 0.224 e. The summed E-state index contributed by atoms with van der Waals surface area (Å²) in [5.74, 6) is 0.782. The van der Waals surface area contributed by atoms with Gasteiger partial charge in [0.05, 0.1) is 5.92 Å². The van der Waals surface area contributed by atoms with Crippen LogP contribution < -0.4 is 10.6 Å². The minimum absolute atomic E-state index is 0. The first-order valence-corrected chi connectivity index (χ1v) is 7.54. The van der Waals surface area contributed by atoms with Crippen LogP contribution in [-0.2, 0) is 4.79 Å². The van der Waals surface area contributed by atoms with Crippen LogP contribution in [-0.4, -0.2) is 49.6 Å². The molecule has 0 aromatic heterocycles. The molecule has 4 nitrogen and oxygen atoms in total. The quantitative estimate of drug-likeness (QED) is 0.626. The lowest BCUT2D eigenvalue weighted by molar-refractivity contribution is -0.124. The molecule has 1 saturated heterocycles. The van der Waals surface area contributed by atoms with Crippen LogP contribution in [0, 0.1) is 11.8 Å². The molecule has 0 saturated carbocycles. The maximum atomic E-state index is 12.1. The third-order valence-corrected chi connectivity index (χ3v) is 3.88. The van der Waals surface area contributed by atoms with Crippen LogP contribution in [0.15, 0.2) is 25.3 Å². The minimum Gasteiger partial charge on any atom is -0.354 e. The zero-order valence-electron chi connectivity index (χ0n) is 13.7. The van der Waals surface area contributed by atoms with Crippen molar-refractivity contribution in [2.75, 3.05) is 32.7 Å². The molecule has 6 heteroatoms. The summed E-state index contributed by atoms with van der Waals surface area (Å²) < 4.78 is 0. The molecule has 1 aliphatic rings. The van der Waals surface area contributed by atoms with Crippen molar-refractivity contribution in [2.45, 2.75) is 26.3 Å². The van der Waals surface area contributed by atoms with Crippen molar-refractivity contribution in [3.63, 3.8) is 0 Å². The molecule has 0 aliphatic carbocycles. The Balaban J connectivity index is 0. The first kappa shape index (κ1) is 23.7. The largest absolute Gasteiger partial charge is 0.354 e. The van der Waals surface area contributed by atoms with Crippen molar-refractivity contribution in [2.24, 2.45) is 11.8 Å². The summed E-state index contributed by atoms with van der Waals surface area (Å²) in [6, 6.07) is 0.310. The molecule has 22 heavy (non-hydrogen) atoms. The van der Waals surface area contributed by atoms with Gasteiger partial charge in [0.25, 0.3) is 0 Å². The standard InChI is InChI=1S/C16H29N3O.2ClH/c1-5-9-19(10-6-2)15(13(3)4)12-18-16(20)14-7-8-17-11-14;;/h5-6,13-15,17H,1-2,7-12H2,3-4H3,(H,18,20);2*1H. The fourth-order valence-electron chi connectivity index (χ4n) is 2.69. The number of halogens is 2. The summed E-state index contributed by atoms with van der Waals surface area (Å²) >= 11 is 0. The molecule has 0 radical (unpaired) electrons. The van der Waals surface area contributed by atoms with E-state index in [2.05, 4.69) is 42.5 Å². The molecule has 1 heterocycles. The van der Waals surface area contributed by atoms with E-state index in [4.69, 9.17) is 0 Å². The van der Waals surface area contributed by atoms with Gasteiger partial charge in [-0.2, -0.15) is 0 Å². The van der Waals surface area contributed by atoms with E-state index in [1.54, 1.807) is 0 Å². The maximum absolute atomic E-state index is 12.1. The second-order valence-electron chi connectivity index (χ2n) is 5.78. The summed E-state index contributed by atoms with van der Waals surface area (Å²) in [6.07, 6.45) is 4.75. The van der Waals surface area contributed by atoms with Gasteiger partial charge in [-0.25, -0.2) is 0 Å². The Labute approximate surface area is 147 Å². The summed E-state index contributed by atoms with van der Waals surface area (Å²) in [5.41, 5.74) is 0. The Kier molecular flexibility index (Phi) is 13.9. The Bertz CT molecular complexity index is 321. The highest BCUT2D eigenvalue weighted by molar-refractivity contribution is 5.85. The number of carbonyl (C=O) groups is 1. The van der Waals surface area contributed by atoms with Crippen LogP contribution in [0.25, 0.3) is 0 Å². The highest BCUT2D eigenvalue weighted by atomic mass is 35.5. The third kappa shape index (κ3) is 7.63. The van der Waals surface area contributed by atoms with Gasteiger partial charge >= 0.3 is 0 Å². The lowest BCUT2D eigenvalue weighted by Gasteiger charge is -2.33. The van der Waals surface area contributed by atoms with Gasteiger partial charge in [-0.15, -0.1) is 38.0 Å². The van der Waals surface area contributed by atoms with E-state index in [1.807, 2.05) is 12.2 Å². The molecule has 1 fully saturated rings. The van der Waals surface area contributed by atoms with Gasteiger partial charge in [-0.3, -0.25) is 9.69 Å². The van der Waals surface area contributed by atoms with Gasteiger partial charge in [-0.05, 0) is 18.9 Å². The van der Waals surface area contributed by atoms with Crippen LogP contribution >= 0.6 is 24.8 Å². The molecule has 130 valence electrons. The number of amides is 1. The predicted octanol–water partition coefficient (Wildman–Crippen LogP) is 2.25. The van der Waals surface area contributed by atoms with Crippen molar-refractivity contribution in [1.82, 2.24) is 15.5 Å². The van der Waals surface area contributed by atoms with Gasteiger partial charge < -0.3 is 10.6 Å². The average Bonchev–Trinajstić information content (AvgIpc) is 2.92. The highest BCUT2D eigenvalue weighted by Gasteiger charge is 2.25. The lowest BCUT2D eigenvalue weighted by atomic mass is 10.0. The van der Waals surface area contributed by atoms with Gasteiger partial charge in [0.15, 0.2) is 0 Å². The Morgan fingerprint density at radius 1 is 1.32 bits per heavy atom.